The summed E-state index contributed by atoms with van der Waals surface area (Å²) in [6, 6.07) is 8.23. The van der Waals surface area contributed by atoms with Crippen LogP contribution < -0.4 is 0 Å². The van der Waals surface area contributed by atoms with E-state index in [2.05, 4.69) is 10.2 Å². The minimum absolute atomic E-state index is 0.0757. The Morgan fingerprint density at radius 3 is 2.56 bits per heavy atom. The van der Waals surface area contributed by atoms with Crippen molar-refractivity contribution in [2.24, 2.45) is 0 Å². The predicted octanol–water partition coefficient (Wildman–Crippen LogP) is 2.66. The first-order valence-corrected chi connectivity index (χ1v) is 7.35. The van der Waals surface area contributed by atoms with E-state index in [-0.39, 0.29) is 15.6 Å². The number of sulfone groups is 1. The highest BCUT2D eigenvalue weighted by atomic mass is 32.2. The van der Waals surface area contributed by atoms with E-state index < -0.39 is 15.1 Å². The molecule has 0 saturated carbocycles. The molecular weight excluding hydrogens is 272 g/mol. The average Bonchev–Trinajstić information content (AvgIpc) is 2.77. The summed E-state index contributed by atoms with van der Waals surface area (Å²) in [7, 11) is -3.51. The van der Waals surface area contributed by atoms with E-state index in [4.69, 9.17) is 16.6 Å². The van der Waals surface area contributed by atoms with Crippen LogP contribution in [0.25, 0.3) is 0 Å². The normalized spacial score (nSPS) is 13.4. The van der Waals surface area contributed by atoms with Crippen LogP contribution in [0.3, 0.4) is 0 Å². The molecule has 0 fully saturated rings. The summed E-state index contributed by atoms with van der Waals surface area (Å²) in [5, 5.41) is 5.42. The molecule has 2 rings (SSSR count). The number of nitrogens with one attached hydrogen (secondary N) is 1. The molecule has 18 heavy (non-hydrogen) atoms. The molecule has 0 spiro atoms. The van der Waals surface area contributed by atoms with Crippen molar-refractivity contribution in [3.63, 3.8) is 0 Å². The number of rotatable bonds is 4. The largest absolute Gasteiger partial charge is 0.413 e. The molecular formula is C11H12N2O3S2. The second kappa shape index (κ2) is 5.03. The maximum Gasteiger partial charge on any atom is 0.284 e. The fraction of sp³-hybridized carbons (Fsp3) is 0.273. The van der Waals surface area contributed by atoms with Crippen molar-refractivity contribution >= 4 is 22.1 Å². The van der Waals surface area contributed by atoms with Gasteiger partial charge in [0.25, 0.3) is 4.84 Å². The lowest BCUT2D eigenvalue weighted by molar-refractivity contribution is 0.461. The third-order valence-electron chi connectivity index (χ3n) is 2.55. The number of hydrogen-bond acceptors (Lipinski definition) is 5. The van der Waals surface area contributed by atoms with Crippen molar-refractivity contribution in [3.8, 4) is 0 Å². The summed E-state index contributed by atoms with van der Waals surface area (Å²) in [5.41, 5.74) is 0. The summed E-state index contributed by atoms with van der Waals surface area (Å²) in [5.74, 6) is 0.103. The third-order valence-corrected chi connectivity index (χ3v) is 4.94. The highest BCUT2D eigenvalue weighted by Crippen LogP contribution is 2.30. The van der Waals surface area contributed by atoms with Gasteiger partial charge in [-0.3, -0.25) is 0 Å². The number of hydrogen-bond donors (Lipinski definition) is 1. The standard InChI is InChI=1S/C11H12N2O3S2/c1-2-9(10-12-13-11(17)16-10)18(14,15)8-6-4-3-5-7-8/h3-7,9H,2H2,1H3,(H,13,17). The molecule has 7 heteroatoms. The average molecular weight is 284 g/mol. The fourth-order valence-corrected chi connectivity index (χ4v) is 3.48. The van der Waals surface area contributed by atoms with Crippen LogP contribution in [-0.2, 0) is 9.84 Å². The Labute approximate surface area is 110 Å². The van der Waals surface area contributed by atoms with Gasteiger partial charge in [-0.15, -0.1) is 5.10 Å². The van der Waals surface area contributed by atoms with Crippen LogP contribution in [0.5, 0.6) is 0 Å². The van der Waals surface area contributed by atoms with Crippen LogP contribution in [0, 0.1) is 4.84 Å². The molecule has 0 aliphatic heterocycles. The van der Waals surface area contributed by atoms with Gasteiger partial charge in [-0.05, 0) is 30.8 Å². The van der Waals surface area contributed by atoms with Crippen molar-refractivity contribution in [1.29, 1.82) is 0 Å². The van der Waals surface area contributed by atoms with Gasteiger partial charge in [0.05, 0.1) is 4.90 Å². The monoisotopic (exact) mass is 284 g/mol. The number of aromatic nitrogens is 2. The van der Waals surface area contributed by atoms with Crippen LogP contribution >= 0.6 is 12.2 Å². The molecule has 0 bridgehead atoms. The molecule has 0 saturated heterocycles. The fourth-order valence-electron chi connectivity index (χ4n) is 1.68. The van der Waals surface area contributed by atoms with Crippen molar-refractivity contribution in [2.45, 2.75) is 23.5 Å². The second-order valence-corrected chi connectivity index (χ2v) is 6.21. The number of H-pyrrole nitrogens is 1. The van der Waals surface area contributed by atoms with E-state index in [1.54, 1.807) is 37.3 Å². The Balaban J connectivity index is 2.48. The molecule has 0 aliphatic rings. The van der Waals surface area contributed by atoms with Crippen LogP contribution in [0.4, 0.5) is 0 Å². The molecule has 0 radical (unpaired) electrons. The van der Waals surface area contributed by atoms with Gasteiger partial charge in [0.2, 0.25) is 5.89 Å². The highest BCUT2D eigenvalue weighted by molar-refractivity contribution is 7.91. The molecule has 2 aromatic rings. The Morgan fingerprint density at radius 1 is 1.39 bits per heavy atom. The summed E-state index contributed by atoms with van der Waals surface area (Å²) in [6.07, 6.45) is 0.361. The first-order chi connectivity index (χ1) is 8.55. The molecule has 1 aromatic carbocycles. The van der Waals surface area contributed by atoms with E-state index in [0.29, 0.717) is 6.42 Å². The molecule has 1 heterocycles. The minimum Gasteiger partial charge on any atom is -0.413 e. The zero-order valence-electron chi connectivity index (χ0n) is 9.66. The van der Waals surface area contributed by atoms with E-state index >= 15 is 0 Å². The number of nitrogens with zero attached hydrogens (tertiary/aromatic N) is 1. The van der Waals surface area contributed by atoms with E-state index in [1.165, 1.54) is 0 Å². The van der Waals surface area contributed by atoms with Gasteiger partial charge in [0, 0.05) is 0 Å². The van der Waals surface area contributed by atoms with E-state index in [9.17, 15) is 8.42 Å². The Bertz CT molecular complexity index is 674. The molecule has 1 N–H and O–H groups in total. The molecule has 96 valence electrons. The molecule has 1 unspecified atom stereocenters. The van der Waals surface area contributed by atoms with E-state index in [1.807, 2.05) is 0 Å². The summed E-state index contributed by atoms with van der Waals surface area (Å²) in [6.45, 7) is 1.76. The van der Waals surface area contributed by atoms with Crippen LogP contribution in [0.1, 0.15) is 24.5 Å². The maximum atomic E-state index is 12.4. The molecule has 1 atom stereocenters. The van der Waals surface area contributed by atoms with Crippen molar-refractivity contribution < 1.29 is 12.8 Å². The van der Waals surface area contributed by atoms with Crippen molar-refractivity contribution in [1.82, 2.24) is 10.2 Å². The number of aromatic amines is 1. The molecule has 0 amide bonds. The Hall–Kier alpha value is -1.47. The van der Waals surface area contributed by atoms with Crippen LogP contribution in [0.2, 0.25) is 0 Å². The van der Waals surface area contributed by atoms with E-state index in [0.717, 1.165) is 0 Å². The quantitative estimate of drug-likeness (QED) is 0.873. The second-order valence-electron chi connectivity index (χ2n) is 3.71. The zero-order chi connectivity index (χ0) is 13.2. The summed E-state index contributed by atoms with van der Waals surface area (Å²) >= 11 is 4.76. The molecule has 0 aliphatic carbocycles. The smallest absolute Gasteiger partial charge is 0.284 e. The third kappa shape index (κ3) is 2.37. The topological polar surface area (TPSA) is 76.0 Å². The lowest BCUT2D eigenvalue weighted by Gasteiger charge is -2.11. The maximum absolute atomic E-state index is 12.4. The Morgan fingerprint density at radius 2 is 2.06 bits per heavy atom. The molecule has 1 aromatic heterocycles. The summed E-state index contributed by atoms with van der Waals surface area (Å²) < 4.78 is 30.0. The van der Waals surface area contributed by atoms with Crippen molar-refractivity contribution in [2.75, 3.05) is 0 Å². The Kier molecular flexibility index (Phi) is 3.63. The van der Waals surface area contributed by atoms with Gasteiger partial charge in [0.1, 0.15) is 5.25 Å². The minimum atomic E-state index is -3.51. The van der Waals surface area contributed by atoms with Crippen LogP contribution in [0.15, 0.2) is 39.6 Å². The van der Waals surface area contributed by atoms with Gasteiger partial charge in [-0.25, -0.2) is 13.5 Å². The van der Waals surface area contributed by atoms with Crippen molar-refractivity contribution in [3.05, 3.63) is 41.1 Å². The summed E-state index contributed by atoms with van der Waals surface area (Å²) in [4.78, 5) is 0.327. The predicted molar refractivity (Wildman–Crippen MR) is 68.3 cm³/mol. The van der Waals surface area contributed by atoms with Crippen LogP contribution in [-0.4, -0.2) is 18.6 Å². The number of benzene rings is 1. The first-order valence-electron chi connectivity index (χ1n) is 5.40. The lowest BCUT2D eigenvalue weighted by Crippen LogP contribution is -2.13. The van der Waals surface area contributed by atoms with Gasteiger partial charge in [0.15, 0.2) is 9.84 Å². The highest BCUT2D eigenvalue weighted by Gasteiger charge is 2.31. The van der Waals surface area contributed by atoms with Gasteiger partial charge >= 0.3 is 0 Å². The molecule has 5 nitrogen and oxygen atoms in total. The van der Waals surface area contributed by atoms with Gasteiger partial charge < -0.3 is 4.42 Å². The first kappa shape index (κ1) is 13.0. The lowest BCUT2D eigenvalue weighted by atomic mass is 10.3. The van der Waals surface area contributed by atoms with Gasteiger partial charge in [-0.1, -0.05) is 25.1 Å². The SMILES string of the molecule is CCC(c1n[nH]c(=S)o1)S(=O)(=O)c1ccccc1. The van der Waals surface area contributed by atoms with Gasteiger partial charge in [-0.2, -0.15) is 0 Å². The zero-order valence-corrected chi connectivity index (χ0v) is 11.3.